The highest BCUT2D eigenvalue weighted by atomic mass is 35.5. The Balaban J connectivity index is 2.10. The molecule has 0 fully saturated rings. The summed E-state index contributed by atoms with van der Waals surface area (Å²) in [6.45, 7) is 2.47. The zero-order valence-corrected chi connectivity index (χ0v) is 11.1. The van der Waals surface area contributed by atoms with Gasteiger partial charge in [-0.15, -0.1) is 0 Å². The molecule has 0 bridgehead atoms. The molecule has 1 amide bonds. The van der Waals surface area contributed by atoms with E-state index in [-0.39, 0.29) is 11.9 Å². The lowest BCUT2D eigenvalue weighted by atomic mass is 10.1. The predicted molar refractivity (Wildman–Crippen MR) is 73.7 cm³/mol. The van der Waals surface area contributed by atoms with Crippen LogP contribution in [0.4, 0.5) is 0 Å². The fraction of sp³-hybridized carbons (Fsp3) is 0.308. The van der Waals surface area contributed by atoms with Crippen molar-refractivity contribution in [1.29, 1.82) is 0 Å². The highest BCUT2D eigenvalue weighted by Gasteiger charge is 2.11. The van der Waals surface area contributed by atoms with Gasteiger partial charge in [0, 0.05) is 35.7 Å². The van der Waals surface area contributed by atoms with Gasteiger partial charge in [0.05, 0.1) is 6.04 Å². The number of hydrogen-bond acceptors (Lipinski definition) is 2. The van der Waals surface area contributed by atoms with Crippen LogP contribution >= 0.6 is 11.6 Å². The smallest absolute Gasteiger partial charge is 0.236 e. The zero-order valence-electron chi connectivity index (χ0n) is 10.4. The molecule has 5 heteroatoms. The number of carbonyl (C=O) groups is 1. The molecule has 1 heterocycles. The fourth-order valence-electron chi connectivity index (χ4n) is 1.88. The molecular formula is C13H16ClN3O. The number of carbonyl (C=O) groups excluding carboxylic acids is 1. The molecule has 1 aromatic carbocycles. The number of likely N-dealkylation sites (N-methyl/N-ethyl adjacent to an activating group) is 1. The van der Waals surface area contributed by atoms with E-state index in [1.165, 1.54) is 0 Å². The molecular weight excluding hydrogens is 250 g/mol. The van der Waals surface area contributed by atoms with E-state index >= 15 is 0 Å². The van der Waals surface area contributed by atoms with Crippen LogP contribution in [0.1, 0.15) is 12.5 Å². The first-order chi connectivity index (χ1) is 8.61. The first-order valence-corrected chi connectivity index (χ1v) is 6.20. The van der Waals surface area contributed by atoms with E-state index in [0.717, 1.165) is 16.5 Å². The Bertz CT molecular complexity index is 564. The lowest BCUT2D eigenvalue weighted by Crippen LogP contribution is -2.40. The molecule has 2 rings (SSSR count). The molecule has 96 valence electrons. The summed E-state index contributed by atoms with van der Waals surface area (Å²) in [5.74, 6) is -0.0158. The van der Waals surface area contributed by atoms with Gasteiger partial charge in [-0.2, -0.15) is 0 Å². The average molecular weight is 266 g/mol. The van der Waals surface area contributed by atoms with E-state index in [0.29, 0.717) is 11.6 Å². The van der Waals surface area contributed by atoms with Gasteiger partial charge in [0.1, 0.15) is 0 Å². The zero-order chi connectivity index (χ0) is 13.1. The molecule has 3 N–H and O–H groups in total. The van der Waals surface area contributed by atoms with Crippen molar-refractivity contribution >= 4 is 28.4 Å². The first-order valence-electron chi connectivity index (χ1n) is 5.82. The van der Waals surface area contributed by atoms with Gasteiger partial charge in [-0.1, -0.05) is 17.7 Å². The molecule has 0 aliphatic carbocycles. The number of amides is 1. The van der Waals surface area contributed by atoms with Gasteiger partial charge in [-0.05, 0) is 24.6 Å². The quantitative estimate of drug-likeness (QED) is 0.792. The molecule has 18 heavy (non-hydrogen) atoms. The maximum atomic E-state index is 11.4. The van der Waals surface area contributed by atoms with Gasteiger partial charge >= 0.3 is 0 Å². The third kappa shape index (κ3) is 2.66. The molecule has 0 spiro atoms. The average Bonchev–Trinajstić information content (AvgIpc) is 2.77. The van der Waals surface area contributed by atoms with Crippen LogP contribution in [0.3, 0.4) is 0 Å². The van der Waals surface area contributed by atoms with Crippen LogP contribution in [0.15, 0.2) is 24.4 Å². The summed E-state index contributed by atoms with van der Waals surface area (Å²) in [5.41, 5.74) is 2.13. The van der Waals surface area contributed by atoms with Gasteiger partial charge in [-0.3, -0.25) is 4.79 Å². The minimum atomic E-state index is -0.216. The molecule has 1 unspecified atom stereocenters. The highest BCUT2D eigenvalue weighted by Crippen LogP contribution is 2.21. The van der Waals surface area contributed by atoms with Crippen LogP contribution < -0.4 is 10.6 Å². The van der Waals surface area contributed by atoms with Crippen molar-refractivity contribution in [3.8, 4) is 0 Å². The van der Waals surface area contributed by atoms with Crippen LogP contribution in [0, 0.1) is 0 Å². The Morgan fingerprint density at radius 3 is 3.00 bits per heavy atom. The largest absolute Gasteiger partial charge is 0.361 e. The Morgan fingerprint density at radius 2 is 2.28 bits per heavy atom. The number of fused-ring (bicyclic) bond motifs is 1. The van der Waals surface area contributed by atoms with Gasteiger partial charge in [0.2, 0.25) is 5.91 Å². The van der Waals surface area contributed by atoms with Crippen molar-refractivity contribution in [2.24, 2.45) is 0 Å². The van der Waals surface area contributed by atoms with Crippen LogP contribution in [0.5, 0.6) is 0 Å². The molecule has 0 radical (unpaired) electrons. The number of hydrogen-bond donors (Lipinski definition) is 3. The number of halogens is 1. The molecule has 1 aromatic heterocycles. The molecule has 4 nitrogen and oxygen atoms in total. The van der Waals surface area contributed by atoms with Gasteiger partial charge < -0.3 is 15.6 Å². The normalized spacial score (nSPS) is 12.6. The maximum absolute atomic E-state index is 11.4. The number of benzene rings is 1. The summed E-state index contributed by atoms with van der Waals surface area (Å²) < 4.78 is 0. The standard InChI is InChI=1S/C13H16ClN3O/c1-8(13(18)15-2)16-6-9-7-17-12-5-10(14)3-4-11(9)12/h3-5,7-8,16-17H,6H2,1-2H3,(H,15,18). The summed E-state index contributed by atoms with van der Waals surface area (Å²) in [6, 6.07) is 5.52. The first kappa shape index (κ1) is 12.9. The van der Waals surface area contributed by atoms with E-state index < -0.39 is 0 Å². The second kappa shape index (κ2) is 5.42. The Labute approximate surface area is 111 Å². The minimum absolute atomic E-state index is 0.0158. The monoisotopic (exact) mass is 265 g/mol. The number of H-pyrrole nitrogens is 1. The van der Waals surface area contributed by atoms with Crippen LogP contribution in [-0.2, 0) is 11.3 Å². The van der Waals surface area contributed by atoms with Gasteiger partial charge in [0.15, 0.2) is 0 Å². The lowest BCUT2D eigenvalue weighted by Gasteiger charge is -2.11. The van der Waals surface area contributed by atoms with Crippen molar-refractivity contribution < 1.29 is 4.79 Å². The van der Waals surface area contributed by atoms with Crippen molar-refractivity contribution in [2.75, 3.05) is 7.05 Å². The summed E-state index contributed by atoms with van der Waals surface area (Å²) in [5, 5.41) is 7.62. The lowest BCUT2D eigenvalue weighted by molar-refractivity contribution is -0.122. The third-order valence-electron chi connectivity index (χ3n) is 2.97. The highest BCUT2D eigenvalue weighted by molar-refractivity contribution is 6.31. The van der Waals surface area contributed by atoms with E-state index in [9.17, 15) is 4.79 Å². The van der Waals surface area contributed by atoms with Crippen molar-refractivity contribution in [2.45, 2.75) is 19.5 Å². The van der Waals surface area contributed by atoms with Gasteiger partial charge in [0.25, 0.3) is 0 Å². The summed E-state index contributed by atoms with van der Waals surface area (Å²) >= 11 is 5.93. The summed E-state index contributed by atoms with van der Waals surface area (Å²) in [7, 11) is 1.63. The third-order valence-corrected chi connectivity index (χ3v) is 3.20. The Kier molecular flexibility index (Phi) is 3.89. The molecule has 0 saturated heterocycles. The number of aromatic nitrogens is 1. The van der Waals surface area contributed by atoms with E-state index in [1.54, 1.807) is 7.05 Å². The Morgan fingerprint density at radius 1 is 1.50 bits per heavy atom. The molecule has 0 aliphatic heterocycles. The second-order valence-electron chi connectivity index (χ2n) is 4.22. The summed E-state index contributed by atoms with van der Waals surface area (Å²) in [6.07, 6.45) is 1.94. The molecule has 1 atom stereocenters. The van der Waals surface area contributed by atoms with Gasteiger partial charge in [-0.25, -0.2) is 0 Å². The van der Waals surface area contributed by atoms with Crippen LogP contribution in [0.2, 0.25) is 5.02 Å². The molecule has 0 saturated carbocycles. The van der Waals surface area contributed by atoms with Crippen molar-refractivity contribution in [1.82, 2.24) is 15.6 Å². The maximum Gasteiger partial charge on any atom is 0.236 e. The van der Waals surface area contributed by atoms with E-state index in [2.05, 4.69) is 15.6 Å². The minimum Gasteiger partial charge on any atom is -0.361 e. The second-order valence-corrected chi connectivity index (χ2v) is 4.66. The van der Waals surface area contributed by atoms with E-state index in [1.807, 2.05) is 31.3 Å². The van der Waals surface area contributed by atoms with Crippen LogP contribution in [0.25, 0.3) is 10.9 Å². The Hall–Kier alpha value is -1.52. The van der Waals surface area contributed by atoms with E-state index in [4.69, 9.17) is 11.6 Å². The number of nitrogens with one attached hydrogen (secondary N) is 3. The van der Waals surface area contributed by atoms with Crippen LogP contribution in [-0.4, -0.2) is 24.0 Å². The molecule has 0 aliphatic rings. The SMILES string of the molecule is CNC(=O)C(C)NCc1c[nH]c2cc(Cl)ccc12. The van der Waals surface area contributed by atoms with Crippen molar-refractivity contribution in [3.05, 3.63) is 35.0 Å². The molecule has 2 aromatic rings. The number of rotatable bonds is 4. The van der Waals surface area contributed by atoms with Crippen molar-refractivity contribution in [3.63, 3.8) is 0 Å². The number of aromatic amines is 1. The summed E-state index contributed by atoms with van der Waals surface area (Å²) in [4.78, 5) is 14.6. The fourth-order valence-corrected chi connectivity index (χ4v) is 2.05. The topological polar surface area (TPSA) is 56.9 Å². The predicted octanol–water partition coefficient (Wildman–Crippen LogP) is 2.05.